The third-order valence-electron chi connectivity index (χ3n) is 4.55. The topological polar surface area (TPSA) is 63.7 Å². The number of amides is 1. The molecule has 0 saturated carbocycles. The van der Waals surface area contributed by atoms with Gasteiger partial charge < -0.3 is 9.08 Å². The first-order valence-electron chi connectivity index (χ1n) is 9.65. The number of nitrogens with zero attached hydrogens (tertiary/aromatic N) is 1. The molecule has 182 valence electrons. The normalized spacial score (nSPS) is 12.7. The van der Waals surface area contributed by atoms with Crippen molar-refractivity contribution in [3.05, 3.63) is 64.7 Å². The second kappa shape index (κ2) is 9.62. The van der Waals surface area contributed by atoms with Crippen molar-refractivity contribution < 1.29 is 43.7 Å². The molecule has 2 aromatic rings. The van der Waals surface area contributed by atoms with Crippen LogP contribution in [-0.4, -0.2) is 31.0 Å². The van der Waals surface area contributed by atoms with Gasteiger partial charge in [-0.05, 0) is 56.7 Å². The van der Waals surface area contributed by atoms with Crippen LogP contribution < -0.4 is 4.18 Å². The molecule has 0 aliphatic carbocycles. The first kappa shape index (κ1) is 26.5. The molecule has 0 atom stereocenters. The molecule has 0 spiro atoms. The molecular formula is C21H21F6NO4S. The van der Waals surface area contributed by atoms with Gasteiger partial charge in [0.1, 0.15) is 5.75 Å². The molecule has 0 fully saturated rings. The monoisotopic (exact) mass is 497 g/mol. The van der Waals surface area contributed by atoms with Gasteiger partial charge in [-0.15, -0.1) is 0 Å². The fourth-order valence-electron chi connectivity index (χ4n) is 2.83. The van der Waals surface area contributed by atoms with Gasteiger partial charge in [0, 0.05) is 18.2 Å². The van der Waals surface area contributed by atoms with Crippen molar-refractivity contribution in [2.24, 2.45) is 0 Å². The molecule has 0 saturated heterocycles. The Kier molecular flexibility index (Phi) is 7.72. The summed E-state index contributed by atoms with van der Waals surface area (Å²) in [6.07, 6.45) is -10.2. The minimum atomic E-state index is -5.09. The van der Waals surface area contributed by atoms with Crippen LogP contribution in [0.5, 0.6) is 5.75 Å². The molecule has 0 radical (unpaired) electrons. The lowest BCUT2D eigenvalue weighted by atomic mass is 10.0. The van der Waals surface area contributed by atoms with Gasteiger partial charge in [0.25, 0.3) is 5.91 Å². The summed E-state index contributed by atoms with van der Waals surface area (Å²) in [6.45, 7) is 4.25. The van der Waals surface area contributed by atoms with Crippen LogP contribution in [0, 0.1) is 0 Å². The maximum absolute atomic E-state index is 13.2. The van der Waals surface area contributed by atoms with Gasteiger partial charge in [-0.25, -0.2) is 0 Å². The van der Waals surface area contributed by atoms with Crippen LogP contribution in [-0.2, 0) is 29.0 Å². The van der Waals surface area contributed by atoms with E-state index >= 15 is 0 Å². The third kappa shape index (κ3) is 7.11. The maximum Gasteiger partial charge on any atom is 0.416 e. The van der Waals surface area contributed by atoms with Crippen molar-refractivity contribution >= 4 is 16.0 Å². The zero-order chi connectivity index (χ0) is 25.2. The first-order chi connectivity index (χ1) is 15.0. The largest absolute Gasteiger partial charge is 0.416 e. The minimum Gasteiger partial charge on any atom is -0.382 e. The van der Waals surface area contributed by atoms with Gasteiger partial charge in [-0.2, -0.15) is 34.8 Å². The number of carbonyl (C=O) groups excluding carboxylic acids is 1. The number of hydrogen-bond acceptors (Lipinski definition) is 4. The summed E-state index contributed by atoms with van der Waals surface area (Å²) in [4.78, 5) is 14.0. The van der Waals surface area contributed by atoms with Crippen LogP contribution in [0.1, 0.15) is 47.8 Å². The zero-order valence-electron chi connectivity index (χ0n) is 17.8. The summed E-state index contributed by atoms with van der Waals surface area (Å²) < 4.78 is 107. The highest BCUT2D eigenvalue weighted by Crippen LogP contribution is 2.36. The van der Waals surface area contributed by atoms with Crippen molar-refractivity contribution in [2.75, 3.05) is 5.75 Å². The molecule has 1 amide bonds. The summed E-state index contributed by atoms with van der Waals surface area (Å²) in [5.74, 6) is -1.37. The quantitative estimate of drug-likeness (QED) is 0.374. The molecule has 0 aliphatic heterocycles. The smallest absolute Gasteiger partial charge is 0.382 e. The number of rotatable bonds is 7. The van der Waals surface area contributed by atoms with Crippen molar-refractivity contribution in [2.45, 2.75) is 45.7 Å². The summed E-state index contributed by atoms with van der Waals surface area (Å²) in [7, 11) is -3.82. The van der Waals surface area contributed by atoms with E-state index in [0.29, 0.717) is 17.7 Å². The summed E-state index contributed by atoms with van der Waals surface area (Å²) in [5, 5.41) is 0. The average molecular weight is 497 g/mol. The zero-order valence-corrected chi connectivity index (χ0v) is 18.6. The van der Waals surface area contributed by atoms with E-state index in [2.05, 4.69) is 0 Å². The lowest BCUT2D eigenvalue weighted by Gasteiger charge is -2.28. The van der Waals surface area contributed by atoms with Gasteiger partial charge in [-0.3, -0.25) is 4.79 Å². The predicted octanol–water partition coefficient (Wildman–Crippen LogP) is 5.50. The highest BCUT2D eigenvalue weighted by Gasteiger charge is 2.38. The Morgan fingerprint density at radius 1 is 0.970 bits per heavy atom. The standard InChI is InChI=1S/C21H21F6NO4S/c1-4-33(30,31)32-18-7-5-6-14(8-18)12-28(13(2)3)19(29)15-9-16(20(22,23)24)11-17(10-15)21(25,26)27/h5-11,13H,4,12H2,1-3H3. The van der Waals surface area contributed by atoms with E-state index in [1.165, 1.54) is 45.0 Å². The van der Waals surface area contributed by atoms with Crippen LogP contribution in [0.3, 0.4) is 0 Å². The molecular weight excluding hydrogens is 476 g/mol. The van der Waals surface area contributed by atoms with E-state index in [9.17, 15) is 39.6 Å². The Hall–Kier alpha value is -2.76. The molecule has 0 aromatic heterocycles. The SMILES string of the molecule is CCS(=O)(=O)Oc1cccc(CN(C(=O)c2cc(C(F)(F)F)cc(C(F)(F)F)c2)C(C)C)c1. The average Bonchev–Trinajstić information content (AvgIpc) is 2.69. The second-order valence-electron chi connectivity index (χ2n) is 7.40. The summed E-state index contributed by atoms with van der Waals surface area (Å²) in [6, 6.07) is 5.74. The first-order valence-corrected chi connectivity index (χ1v) is 11.2. The third-order valence-corrected chi connectivity index (χ3v) is 5.70. The number of halogens is 6. The molecule has 33 heavy (non-hydrogen) atoms. The molecule has 0 bridgehead atoms. The van der Waals surface area contributed by atoms with Gasteiger partial charge in [0.05, 0.1) is 16.9 Å². The van der Waals surface area contributed by atoms with Crippen LogP contribution in [0.25, 0.3) is 0 Å². The molecule has 0 N–H and O–H groups in total. The maximum atomic E-state index is 13.2. The molecule has 0 aliphatic rings. The Balaban J connectivity index is 2.44. The minimum absolute atomic E-state index is 0.0380. The summed E-state index contributed by atoms with van der Waals surface area (Å²) >= 11 is 0. The fraction of sp³-hybridized carbons (Fsp3) is 0.381. The van der Waals surface area contributed by atoms with Crippen LogP contribution >= 0.6 is 0 Å². The molecule has 2 aromatic carbocycles. The number of carbonyl (C=O) groups is 1. The number of hydrogen-bond donors (Lipinski definition) is 0. The molecule has 12 heteroatoms. The van der Waals surface area contributed by atoms with Crippen molar-refractivity contribution in [3.8, 4) is 5.75 Å². The lowest BCUT2D eigenvalue weighted by Crippen LogP contribution is -2.36. The highest BCUT2D eigenvalue weighted by atomic mass is 32.2. The number of benzene rings is 2. The fourth-order valence-corrected chi connectivity index (χ4v) is 3.35. The van der Waals surface area contributed by atoms with Crippen LogP contribution in [0.15, 0.2) is 42.5 Å². The van der Waals surface area contributed by atoms with E-state index in [0.717, 1.165) is 4.90 Å². The van der Waals surface area contributed by atoms with Gasteiger partial charge >= 0.3 is 22.5 Å². The molecule has 2 rings (SSSR count). The van der Waals surface area contributed by atoms with Gasteiger partial charge in [-0.1, -0.05) is 12.1 Å². The van der Waals surface area contributed by atoms with E-state index in [1.54, 1.807) is 0 Å². The van der Waals surface area contributed by atoms with Crippen molar-refractivity contribution in [1.82, 2.24) is 4.90 Å². The highest BCUT2D eigenvalue weighted by molar-refractivity contribution is 7.87. The van der Waals surface area contributed by atoms with Crippen LogP contribution in [0.2, 0.25) is 0 Å². The van der Waals surface area contributed by atoms with Crippen molar-refractivity contribution in [1.29, 1.82) is 0 Å². The van der Waals surface area contributed by atoms with E-state index in [-0.39, 0.29) is 24.1 Å². The number of alkyl halides is 6. The lowest BCUT2D eigenvalue weighted by molar-refractivity contribution is -0.143. The Bertz CT molecular complexity index is 1080. The molecule has 0 unspecified atom stereocenters. The van der Waals surface area contributed by atoms with E-state index < -0.39 is 51.1 Å². The van der Waals surface area contributed by atoms with E-state index in [1.807, 2.05) is 0 Å². The van der Waals surface area contributed by atoms with Crippen LogP contribution in [0.4, 0.5) is 26.3 Å². The van der Waals surface area contributed by atoms with E-state index in [4.69, 9.17) is 4.18 Å². The van der Waals surface area contributed by atoms with Crippen molar-refractivity contribution in [3.63, 3.8) is 0 Å². The predicted molar refractivity (Wildman–Crippen MR) is 108 cm³/mol. The second-order valence-corrected chi connectivity index (χ2v) is 9.26. The Morgan fingerprint density at radius 3 is 1.97 bits per heavy atom. The summed E-state index contributed by atoms with van der Waals surface area (Å²) in [5.41, 5.74) is -3.59. The van der Waals surface area contributed by atoms with Gasteiger partial charge in [0.2, 0.25) is 0 Å². The van der Waals surface area contributed by atoms with Gasteiger partial charge in [0.15, 0.2) is 0 Å². The molecule has 0 heterocycles. The Morgan fingerprint density at radius 2 is 1.52 bits per heavy atom. The molecule has 5 nitrogen and oxygen atoms in total. The Labute approximate surface area is 187 Å².